The Morgan fingerprint density at radius 1 is 1.38 bits per heavy atom. The Kier molecular flexibility index (Phi) is 5.08. The minimum absolute atomic E-state index is 0.442. The van der Waals surface area contributed by atoms with E-state index in [1.54, 1.807) is 12.2 Å². The molecule has 2 atom stereocenters. The first-order valence-electron chi connectivity index (χ1n) is 4.84. The summed E-state index contributed by atoms with van der Waals surface area (Å²) in [4.78, 5) is 2.62. The lowest BCUT2D eigenvalue weighted by Crippen LogP contribution is -2.25. The third kappa shape index (κ3) is 3.74. The molecule has 0 aliphatic carbocycles. The number of azide groups is 1. The molecule has 1 rings (SSSR count). The zero-order valence-corrected chi connectivity index (χ0v) is 8.64. The lowest BCUT2D eigenvalue weighted by atomic mass is 10.1. The SMILES string of the molecule is [N-]=[N+]=N[C@@H](/C=C/c1ccccc1)[C@H](O)CO. The summed E-state index contributed by atoms with van der Waals surface area (Å²) in [6.45, 7) is -0.442. The van der Waals surface area contributed by atoms with Crippen molar-refractivity contribution in [2.45, 2.75) is 12.1 Å². The molecule has 84 valence electrons. The number of aliphatic hydroxyl groups excluding tert-OH is 2. The highest BCUT2D eigenvalue weighted by molar-refractivity contribution is 5.49. The van der Waals surface area contributed by atoms with Gasteiger partial charge in [-0.25, -0.2) is 0 Å². The normalized spacial score (nSPS) is 14.4. The van der Waals surface area contributed by atoms with Crippen LogP contribution in [-0.2, 0) is 0 Å². The highest BCUT2D eigenvalue weighted by Crippen LogP contribution is 2.07. The average molecular weight is 219 g/mol. The zero-order valence-electron chi connectivity index (χ0n) is 8.64. The molecule has 0 unspecified atom stereocenters. The molecule has 0 aromatic heterocycles. The summed E-state index contributed by atoms with van der Waals surface area (Å²) >= 11 is 0. The Hall–Kier alpha value is -1.81. The number of aliphatic hydroxyl groups is 2. The van der Waals surface area contributed by atoms with Crippen LogP contribution in [0.1, 0.15) is 5.56 Å². The highest BCUT2D eigenvalue weighted by atomic mass is 16.3. The fourth-order valence-electron chi connectivity index (χ4n) is 1.19. The van der Waals surface area contributed by atoms with Crippen LogP contribution in [0.2, 0.25) is 0 Å². The van der Waals surface area contributed by atoms with E-state index in [1.807, 2.05) is 30.3 Å². The summed E-state index contributed by atoms with van der Waals surface area (Å²) < 4.78 is 0. The minimum atomic E-state index is -1.07. The van der Waals surface area contributed by atoms with Gasteiger partial charge < -0.3 is 10.2 Å². The average Bonchev–Trinajstić information content (AvgIpc) is 2.34. The Morgan fingerprint density at radius 2 is 2.06 bits per heavy atom. The van der Waals surface area contributed by atoms with Crippen molar-refractivity contribution in [3.8, 4) is 0 Å². The van der Waals surface area contributed by atoms with E-state index in [9.17, 15) is 5.11 Å². The second-order valence-electron chi connectivity index (χ2n) is 3.22. The summed E-state index contributed by atoms with van der Waals surface area (Å²) in [6.07, 6.45) is 2.23. The predicted molar refractivity (Wildman–Crippen MR) is 61.5 cm³/mol. The van der Waals surface area contributed by atoms with Crippen molar-refractivity contribution >= 4 is 6.08 Å². The molecule has 0 amide bonds. The molecule has 0 spiro atoms. The standard InChI is InChI=1S/C11H13N3O2/c12-14-13-10(11(16)8-15)7-6-9-4-2-1-3-5-9/h1-7,10-11,15-16H,8H2/b7-6+/t10-,11+/m0/s1. The molecule has 0 fully saturated rings. The molecule has 0 bridgehead atoms. The third-order valence-electron chi connectivity index (χ3n) is 2.05. The number of rotatable bonds is 5. The molecular weight excluding hydrogens is 206 g/mol. The van der Waals surface area contributed by atoms with Gasteiger partial charge in [-0.15, -0.1) is 0 Å². The Labute approximate surface area is 93.3 Å². The third-order valence-corrected chi connectivity index (χ3v) is 2.05. The lowest BCUT2D eigenvalue weighted by Gasteiger charge is -2.11. The molecule has 0 heterocycles. The van der Waals surface area contributed by atoms with Gasteiger partial charge in [-0.3, -0.25) is 0 Å². The first kappa shape index (κ1) is 12.3. The van der Waals surface area contributed by atoms with Crippen LogP contribution >= 0.6 is 0 Å². The van der Waals surface area contributed by atoms with Crippen LogP contribution in [0.4, 0.5) is 0 Å². The number of nitrogens with zero attached hydrogens (tertiary/aromatic N) is 3. The number of hydrogen-bond acceptors (Lipinski definition) is 3. The van der Waals surface area contributed by atoms with E-state index < -0.39 is 18.8 Å². The summed E-state index contributed by atoms with van der Waals surface area (Å²) in [5, 5.41) is 21.5. The fourth-order valence-corrected chi connectivity index (χ4v) is 1.19. The van der Waals surface area contributed by atoms with E-state index >= 15 is 0 Å². The van der Waals surface area contributed by atoms with Crippen molar-refractivity contribution in [1.29, 1.82) is 0 Å². The van der Waals surface area contributed by atoms with Gasteiger partial charge in [-0.05, 0) is 11.1 Å². The molecule has 1 aromatic carbocycles. The largest absolute Gasteiger partial charge is 0.394 e. The molecule has 0 aliphatic heterocycles. The number of hydrogen-bond donors (Lipinski definition) is 2. The Bertz CT molecular complexity index is 385. The molecular formula is C11H13N3O2. The topological polar surface area (TPSA) is 89.2 Å². The molecule has 5 heteroatoms. The maximum Gasteiger partial charge on any atom is 0.0890 e. The monoisotopic (exact) mass is 219 g/mol. The first-order chi connectivity index (χ1) is 7.77. The molecule has 2 N–H and O–H groups in total. The summed E-state index contributed by atoms with van der Waals surface area (Å²) in [5.41, 5.74) is 9.25. The van der Waals surface area contributed by atoms with Crippen LogP contribution in [0.5, 0.6) is 0 Å². The molecule has 0 aliphatic rings. The maximum atomic E-state index is 9.36. The molecule has 16 heavy (non-hydrogen) atoms. The van der Waals surface area contributed by atoms with Crippen molar-refractivity contribution in [3.63, 3.8) is 0 Å². The summed E-state index contributed by atoms with van der Waals surface area (Å²) in [5.74, 6) is 0. The number of benzene rings is 1. The van der Waals surface area contributed by atoms with Crippen molar-refractivity contribution in [2.24, 2.45) is 5.11 Å². The van der Waals surface area contributed by atoms with E-state index in [4.69, 9.17) is 10.6 Å². The molecule has 0 saturated heterocycles. The van der Waals surface area contributed by atoms with Crippen LogP contribution in [-0.4, -0.2) is 29.0 Å². The van der Waals surface area contributed by atoms with Gasteiger partial charge in [0.05, 0.1) is 18.8 Å². The van der Waals surface area contributed by atoms with Gasteiger partial charge in [0.2, 0.25) is 0 Å². The zero-order chi connectivity index (χ0) is 11.8. The Balaban J connectivity index is 2.75. The van der Waals surface area contributed by atoms with Crippen LogP contribution in [0.3, 0.4) is 0 Å². The van der Waals surface area contributed by atoms with E-state index in [1.165, 1.54) is 0 Å². The van der Waals surface area contributed by atoms with Crippen LogP contribution < -0.4 is 0 Å². The first-order valence-corrected chi connectivity index (χ1v) is 4.84. The van der Waals surface area contributed by atoms with Crippen LogP contribution in [0.25, 0.3) is 16.5 Å². The van der Waals surface area contributed by atoms with E-state index in [-0.39, 0.29) is 0 Å². The fraction of sp³-hybridized carbons (Fsp3) is 0.273. The van der Waals surface area contributed by atoms with Crippen molar-refractivity contribution in [3.05, 3.63) is 52.4 Å². The highest BCUT2D eigenvalue weighted by Gasteiger charge is 2.12. The predicted octanol–water partition coefficient (Wildman–Crippen LogP) is 1.73. The van der Waals surface area contributed by atoms with Crippen LogP contribution in [0, 0.1) is 0 Å². The molecule has 1 aromatic rings. The van der Waals surface area contributed by atoms with Gasteiger partial charge >= 0.3 is 0 Å². The quantitative estimate of drug-likeness (QED) is 0.448. The maximum absolute atomic E-state index is 9.36. The van der Waals surface area contributed by atoms with Crippen molar-refractivity contribution in [1.82, 2.24) is 0 Å². The molecule has 0 radical (unpaired) electrons. The van der Waals surface area contributed by atoms with E-state index in [0.717, 1.165) is 5.56 Å². The second kappa shape index (κ2) is 6.63. The smallest absolute Gasteiger partial charge is 0.0890 e. The van der Waals surface area contributed by atoms with Crippen LogP contribution in [0.15, 0.2) is 41.5 Å². The van der Waals surface area contributed by atoms with Crippen molar-refractivity contribution < 1.29 is 10.2 Å². The van der Waals surface area contributed by atoms with Gasteiger partial charge in [0.25, 0.3) is 0 Å². The minimum Gasteiger partial charge on any atom is -0.394 e. The van der Waals surface area contributed by atoms with E-state index in [2.05, 4.69) is 10.0 Å². The van der Waals surface area contributed by atoms with Gasteiger partial charge in [0.1, 0.15) is 0 Å². The second-order valence-corrected chi connectivity index (χ2v) is 3.22. The van der Waals surface area contributed by atoms with Gasteiger partial charge in [0.15, 0.2) is 0 Å². The lowest BCUT2D eigenvalue weighted by molar-refractivity contribution is 0.0858. The van der Waals surface area contributed by atoms with Gasteiger partial charge in [-0.2, -0.15) is 0 Å². The summed E-state index contributed by atoms with van der Waals surface area (Å²) in [7, 11) is 0. The van der Waals surface area contributed by atoms with Gasteiger partial charge in [-0.1, -0.05) is 47.6 Å². The van der Waals surface area contributed by atoms with Crippen molar-refractivity contribution in [2.75, 3.05) is 6.61 Å². The van der Waals surface area contributed by atoms with E-state index in [0.29, 0.717) is 0 Å². The molecule has 5 nitrogen and oxygen atoms in total. The summed E-state index contributed by atoms with van der Waals surface area (Å²) in [6, 6.07) is 8.67. The van der Waals surface area contributed by atoms with Gasteiger partial charge in [0, 0.05) is 4.91 Å². The Morgan fingerprint density at radius 3 is 2.62 bits per heavy atom. The molecule has 0 saturated carbocycles.